The molecule has 5 nitrogen and oxygen atoms in total. The first-order valence-corrected chi connectivity index (χ1v) is 7.44. The first-order valence-electron chi connectivity index (χ1n) is 7.44. The van der Waals surface area contributed by atoms with Crippen LogP contribution < -0.4 is 10.6 Å². The molecule has 1 heterocycles. The van der Waals surface area contributed by atoms with Crippen molar-refractivity contribution in [3.05, 3.63) is 47.9 Å². The Hall–Kier alpha value is -2.64. The van der Waals surface area contributed by atoms with Gasteiger partial charge in [-0.3, -0.25) is 4.79 Å². The van der Waals surface area contributed by atoms with E-state index in [1.165, 1.54) is 24.5 Å². The molecule has 0 saturated carbocycles. The number of nitrogens with zero attached hydrogens (tertiary/aromatic N) is 2. The minimum absolute atomic E-state index is 0.129. The Labute approximate surface area is 137 Å². The predicted octanol–water partition coefficient (Wildman–Crippen LogP) is 3.96. The van der Waals surface area contributed by atoms with E-state index >= 15 is 0 Å². The van der Waals surface area contributed by atoms with Gasteiger partial charge in [-0.2, -0.15) is 13.2 Å². The highest BCUT2D eigenvalue weighted by Crippen LogP contribution is 2.29. The SMILES string of the molecule is CCCCNc1cc(C(=O)Nc2ccc(C(F)(F)F)cc2)ncn1. The van der Waals surface area contributed by atoms with E-state index in [2.05, 4.69) is 27.5 Å². The number of rotatable bonds is 6. The van der Waals surface area contributed by atoms with Gasteiger partial charge in [-0.05, 0) is 30.7 Å². The van der Waals surface area contributed by atoms with E-state index < -0.39 is 17.6 Å². The molecule has 0 aliphatic carbocycles. The molecule has 1 aromatic heterocycles. The van der Waals surface area contributed by atoms with Gasteiger partial charge in [-0.15, -0.1) is 0 Å². The third-order valence-corrected chi connectivity index (χ3v) is 3.21. The van der Waals surface area contributed by atoms with Crippen molar-refractivity contribution in [1.29, 1.82) is 0 Å². The van der Waals surface area contributed by atoms with Gasteiger partial charge in [0, 0.05) is 18.3 Å². The standard InChI is InChI=1S/C16H17F3N4O/c1-2-3-8-20-14-9-13(21-10-22-14)15(24)23-12-6-4-11(5-7-12)16(17,18)19/h4-7,9-10H,2-3,8H2,1H3,(H,23,24)(H,20,21,22). The number of halogens is 3. The van der Waals surface area contributed by atoms with Crippen molar-refractivity contribution in [3.8, 4) is 0 Å². The quantitative estimate of drug-likeness (QED) is 0.783. The van der Waals surface area contributed by atoms with Crippen molar-refractivity contribution in [2.45, 2.75) is 25.9 Å². The van der Waals surface area contributed by atoms with E-state index in [-0.39, 0.29) is 11.4 Å². The van der Waals surface area contributed by atoms with Crippen LogP contribution in [0.4, 0.5) is 24.7 Å². The molecule has 24 heavy (non-hydrogen) atoms. The number of anilines is 2. The first-order chi connectivity index (χ1) is 11.4. The van der Waals surface area contributed by atoms with E-state index in [1.54, 1.807) is 0 Å². The van der Waals surface area contributed by atoms with Crippen LogP contribution in [0.5, 0.6) is 0 Å². The number of aromatic nitrogens is 2. The summed E-state index contributed by atoms with van der Waals surface area (Å²) in [7, 11) is 0. The molecule has 0 aliphatic rings. The number of carbonyl (C=O) groups excluding carboxylic acids is 1. The zero-order valence-electron chi connectivity index (χ0n) is 13.0. The minimum Gasteiger partial charge on any atom is -0.370 e. The molecule has 2 aromatic rings. The Morgan fingerprint density at radius 3 is 2.50 bits per heavy atom. The second-order valence-corrected chi connectivity index (χ2v) is 5.10. The van der Waals surface area contributed by atoms with Gasteiger partial charge in [-0.1, -0.05) is 13.3 Å². The lowest BCUT2D eigenvalue weighted by molar-refractivity contribution is -0.137. The summed E-state index contributed by atoms with van der Waals surface area (Å²) in [5.74, 6) is 0.00622. The van der Waals surface area contributed by atoms with Crippen molar-refractivity contribution in [2.75, 3.05) is 17.2 Å². The summed E-state index contributed by atoms with van der Waals surface area (Å²) in [6.45, 7) is 2.79. The van der Waals surface area contributed by atoms with Gasteiger partial charge in [0.05, 0.1) is 5.56 Å². The van der Waals surface area contributed by atoms with Gasteiger partial charge in [0.15, 0.2) is 0 Å². The summed E-state index contributed by atoms with van der Waals surface area (Å²) < 4.78 is 37.5. The van der Waals surface area contributed by atoms with Gasteiger partial charge in [0.2, 0.25) is 0 Å². The molecule has 0 fully saturated rings. The number of carbonyl (C=O) groups is 1. The molecule has 0 radical (unpaired) electrons. The van der Waals surface area contributed by atoms with Gasteiger partial charge in [0.1, 0.15) is 17.8 Å². The lowest BCUT2D eigenvalue weighted by Gasteiger charge is -2.09. The Kier molecular flexibility index (Phi) is 5.73. The Bertz CT molecular complexity index is 686. The van der Waals surface area contributed by atoms with Gasteiger partial charge < -0.3 is 10.6 Å². The normalized spacial score (nSPS) is 11.2. The lowest BCUT2D eigenvalue weighted by atomic mass is 10.2. The molecule has 0 unspecified atom stereocenters. The van der Waals surface area contributed by atoms with E-state index in [9.17, 15) is 18.0 Å². The summed E-state index contributed by atoms with van der Waals surface area (Å²) in [5, 5.41) is 5.58. The van der Waals surface area contributed by atoms with E-state index in [4.69, 9.17) is 0 Å². The third-order valence-electron chi connectivity index (χ3n) is 3.21. The highest BCUT2D eigenvalue weighted by Gasteiger charge is 2.30. The summed E-state index contributed by atoms with van der Waals surface area (Å²) in [4.78, 5) is 20.0. The van der Waals surface area contributed by atoms with Crippen molar-refractivity contribution in [1.82, 2.24) is 9.97 Å². The van der Waals surface area contributed by atoms with Crippen LogP contribution in [0.25, 0.3) is 0 Å². The molecule has 2 N–H and O–H groups in total. The zero-order valence-corrected chi connectivity index (χ0v) is 13.0. The molecule has 8 heteroatoms. The first kappa shape index (κ1) is 17.7. The van der Waals surface area contributed by atoms with Gasteiger partial charge >= 0.3 is 6.18 Å². The highest BCUT2D eigenvalue weighted by atomic mass is 19.4. The molecular weight excluding hydrogens is 321 g/mol. The number of nitrogens with one attached hydrogen (secondary N) is 2. The molecular formula is C16H17F3N4O. The van der Waals surface area contributed by atoms with Crippen LogP contribution in [-0.4, -0.2) is 22.4 Å². The monoisotopic (exact) mass is 338 g/mol. The average molecular weight is 338 g/mol. The van der Waals surface area contributed by atoms with Crippen LogP contribution in [0.2, 0.25) is 0 Å². The Morgan fingerprint density at radius 1 is 1.17 bits per heavy atom. The highest BCUT2D eigenvalue weighted by molar-refractivity contribution is 6.03. The predicted molar refractivity (Wildman–Crippen MR) is 84.8 cm³/mol. The molecule has 0 bridgehead atoms. The van der Waals surface area contributed by atoms with Crippen LogP contribution in [0.3, 0.4) is 0 Å². The molecule has 0 aliphatic heterocycles. The Morgan fingerprint density at radius 2 is 1.88 bits per heavy atom. The van der Waals surface area contributed by atoms with Crippen molar-refractivity contribution in [3.63, 3.8) is 0 Å². The fraction of sp³-hybridized carbons (Fsp3) is 0.312. The van der Waals surface area contributed by atoms with E-state index in [1.807, 2.05) is 0 Å². The van der Waals surface area contributed by atoms with Crippen molar-refractivity contribution >= 4 is 17.4 Å². The fourth-order valence-corrected chi connectivity index (χ4v) is 1.91. The Balaban J connectivity index is 2.03. The van der Waals surface area contributed by atoms with Crippen LogP contribution >= 0.6 is 0 Å². The molecule has 0 saturated heterocycles. The van der Waals surface area contributed by atoms with Crippen molar-refractivity contribution < 1.29 is 18.0 Å². The summed E-state index contributed by atoms with van der Waals surface area (Å²) in [6.07, 6.45) is -1.15. The summed E-state index contributed by atoms with van der Waals surface area (Å²) >= 11 is 0. The molecule has 0 atom stereocenters. The molecule has 2 rings (SSSR count). The van der Waals surface area contributed by atoms with Crippen LogP contribution in [0.1, 0.15) is 35.8 Å². The molecule has 0 spiro atoms. The van der Waals surface area contributed by atoms with Gasteiger partial charge in [-0.25, -0.2) is 9.97 Å². The largest absolute Gasteiger partial charge is 0.416 e. The maximum atomic E-state index is 12.5. The fourth-order valence-electron chi connectivity index (χ4n) is 1.91. The van der Waals surface area contributed by atoms with E-state index in [0.29, 0.717) is 5.82 Å². The summed E-state index contributed by atoms with van der Waals surface area (Å²) in [6, 6.07) is 5.71. The number of alkyl halides is 3. The average Bonchev–Trinajstić information content (AvgIpc) is 2.55. The molecule has 1 aromatic carbocycles. The van der Waals surface area contributed by atoms with E-state index in [0.717, 1.165) is 31.5 Å². The lowest BCUT2D eigenvalue weighted by Crippen LogP contribution is -2.15. The zero-order chi connectivity index (χ0) is 17.6. The van der Waals surface area contributed by atoms with Crippen LogP contribution in [0.15, 0.2) is 36.7 Å². The number of amides is 1. The molecule has 128 valence electrons. The topological polar surface area (TPSA) is 66.9 Å². The van der Waals surface area contributed by atoms with Gasteiger partial charge in [0.25, 0.3) is 5.91 Å². The van der Waals surface area contributed by atoms with Crippen LogP contribution in [-0.2, 0) is 6.18 Å². The molecule has 1 amide bonds. The second-order valence-electron chi connectivity index (χ2n) is 5.10. The number of unbranched alkanes of at least 4 members (excludes halogenated alkanes) is 1. The minimum atomic E-state index is -4.41. The number of benzene rings is 1. The third kappa shape index (κ3) is 4.94. The van der Waals surface area contributed by atoms with Crippen LogP contribution in [0, 0.1) is 0 Å². The summed E-state index contributed by atoms with van der Waals surface area (Å²) in [5.41, 5.74) is -0.388. The number of hydrogen-bond donors (Lipinski definition) is 2. The maximum Gasteiger partial charge on any atom is 0.416 e. The maximum absolute atomic E-state index is 12.5. The smallest absolute Gasteiger partial charge is 0.370 e. The van der Waals surface area contributed by atoms with Crippen molar-refractivity contribution in [2.24, 2.45) is 0 Å². The number of hydrogen-bond acceptors (Lipinski definition) is 4. The second kappa shape index (κ2) is 7.76.